The number of carbonyl (C=O) groups is 3. The van der Waals surface area contributed by atoms with Crippen molar-refractivity contribution in [3.63, 3.8) is 0 Å². The van der Waals surface area contributed by atoms with Gasteiger partial charge in [0.25, 0.3) is 5.91 Å². The molecule has 0 bridgehead atoms. The third-order valence-corrected chi connectivity index (χ3v) is 4.75. The summed E-state index contributed by atoms with van der Waals surface area (Å²) in [6.45, 7) is 10.3. The van der Waals surface area contributed by atoms with E-state index in [1.807, 2.05) is 19.9 Å². The Morgan fingerprint density at radius 1 is 0.968 bits per heavy atom. The highest BCUT2D eigenvalue weighted by Gasteiger charge is 2.24. The van der Waals surface area contributed by atoms with Crippen molar-refractivity contribution in [3.8, 4) is 0 Å². The van der Waals surface area contributed by atoms with Crippen molar-refractivity contribution >= 4 is 17.7 Å². The normalized spacial score (nSPS) is 11.9. The second-order valence-corrected chi connectivity index (χ2v) is 7.68. The van der Waals surface area contributed by atoms with Crippen LogP contribution in [0.4, 0.5) is 0 Å². The fraction of sp³-hybridized carbons (Fsp3) is 0.435. The average molecular weight is 429 g/mol. The van der Waals surface area contributed by atoms with Crippen LogP contribution in [0.25, 0.3) is 0 Å². The van der Waals surface area contributed by atoms with E-state index in [9.17, 15) is 14.4 Å². The van der Waals surface area contributed by atoms with Crippen LogP contribution in [0.5, 0.6) is 0 Å². The first-order valence-corrected chi connectivity index (χ1v) is 10.6. The highest BCUT2D eigenvalue weighted by Crippen LogP contribution is 2.14. The zero-order chi connectivity index (χ0) is 22.8. The minimum atomic E-state index is -0.928. The van der Waals surface area contributed by atoms with E-state index in [0.29, 0.717) is 24.3 Å². The summed E-state index contributed by atoms with van der Waals surface area (Å²) in [6, 6.07) is 11.3. The number of hydrogen-bond acceptors (Lipinski definition) is 5. The van der Waals surface area contributed by atoms with Crippen molar-refractivity contribution in [3.05, 3.63) is 59.5 Å². The van der Waals surface area contributed by atoms with E-state index < -0.39 is 17.9 Å². The Labute approximate surface area is 183 Å². The summed E-state index contributed by atoms with van der Waals surface area (Å²) in [5, 5.41) is 2.74. The molecular formula is C23H32N4O4. The number of carbonyl (C=O) groups excluding carboxylic acids is 3. The highest BCUT2D eigenvalue weighted by atomic mass is 16.4. The first kappa shape index (κ1) is 24.1. The molecule has 0 fully saturated rings. The lowest BCUT2D eigenvalue weighted by Gasteiger charge is -2.19. The summed E-state index contributed by atoms with van der Waals surface area (Å²) in [6.07, 6.45) is 0.296. The lowest BCUT2D eigenvalue weighted by atomic mass is 10.0. The minimum Gasteiger partial charge on any atom is -0.454 e. The second-order valence-electron chi connectivity index (χ2n) is 7.68. The Balaban J connectivity index is 2.00. The van der Waals surface area contributed by atoms with Gasteiger partial charge in [-0.05, 0) is 36.7 Å². The second kappa shape index (κ2) is 11.9. The van der Waals surface area contributed by atoms with E-state index in [4.69, 9.17) is 4.42 Å². The van der Waals surface area contributed by atoms with Crippen LogP contribution < -0.4 is 16.2 Å². The molecule has 1 unspecified atom stereocenters. The summed E-state index contributed by atoms with van der Waals surface area (Å²) in [4.78, 5) is 39.5. The molecule has 1 aromatic heterocycles. The van der Waals surface area contributed by atoms with Gasteiger partial charge in [0.05, 0.1) is 6.54 Å². The molecule has 0 aliphatic carbocycles. The Morgan fingerprint density at radius 2 is 1.65 bits per heavy atom. The molecule has 31 heavy (non-hydrogen) atoms. The Hall–Kier alpha value is -3.13. The molecular weight excluding hydrogens is 396 g/mol. The summed E-state index contributed by atoms with van der Waals surface area (Å²) in [7, 11) is 0. The van der Waals surface area contributed by atoms with Gasteiger partial charge in [0.1, 0.15) is 11.8 Å². The summed E-state index contributed by atoms with van der Waals surface area (Å²) in [5.41, 5.74) is 5.36. The Bertz CT molecular complexity index is 859. The number of nitrogens with zero attached hydrogens (tertiary/aromatic N) is 1. The number of hydrazine groups is 1. The van der Waals surface area contributed by atoms with Gasteiger partial charge < -0.3 is 9.73 Å². The number of benzene rings is 1. The summed E-state index contributed by atoms with van der Waals surface area (Å²) in [5.74, 6) is -0.432. The predicted molar refractivity (Wildman–Crippen MR) is 118 cm³/mol. The van der Waals surface area contributed by atoms with Crippen molar-refractivity contribution in [1.82, 2.24) is 21.1 Å². The maximum atomic E-state index is 12.8. The monoisotopic (exact) mass is 428 g/mol. The third kappa shape index (κ3) is 7.57. The van der Waals surface area contributed by atoms with Crippen LogP contribution in [-0.2, 0) is 16.1 Å². The maximum absolute atomic E-state index is 12.8. The topological polar surface area (TPSA) is 104 Å². The lowest BCUT2D eigenvalue weighted by molar-refractivity contribution is -0.130. The molecule has 0 aliphatic rings. The lowest BCUT2D eigenvalue weighted by Crippen LogP contribution is -2.48. The molecule has 0 spiro atoms. The van der Waals surface area contributed by atoms with E-state index in [0.717, 1.165) is 13.1 Å². The van der Waals surface area contributed by atoms with Crippen LogP contribution in [0.1, 0.15) is 62.0 Å². The molecule has 0 saturated heterocycles. The van der Waals surface area contributed by atoms with Crippen LogP contribution in [0.3, 0.4) is 0 Å². The van der Waals surface area contributed by atoms with Crippen LogP contribution >= 0.6 is 0 Å². The predicted octanol–water partition coefficient (Wildman–Crippen LogP) is 2.79. The van der Waals surface area contributed by atoms with Crippen LogP contribution in [0, 0.1) is 5.92 Å². The summed E-state index contributed by atoms with van der Waals surface area (Å²) >= 11 is 0. The van der Waals surface area contributed by atoms with Gasteiger partial charge in [-0.15, -0.1) is 0 Å². The molecule has 8 nitrogen and oxygen atoms in total. The van der Waals surface area contributed by atoms with Gasteiger partial charge in [0.2, 0.25) is 5.91 Å². The SMILES string of the molecule is CCN(CC)Cc1ccc(C(=O)NNC(=O)C(NC(=O)CC(C)C)c2ccccc2)o1. The van der Waals surface area contributed by atoms with Crippen molar-refractivity contribution in [2.24, 2.45) is 5.92 Å². The number of amides is 3. The first-order chi connectivity index (χ1) is 14.8. The van der Waals surface area contributed by atoms with E-state index >= 15 is 0 Å². The fourth-order valence-electron chi connectivity index (χ4n) is 3.04. The highest BCUT2D eigenvalue weighted by molar-refractivity contribution is 5.94. The Morgan fingerprint density at radius 3 is 2.26 bits per heavy atom. The van der Waals surface area contributed by atoms with Crippen LogP contribution in [0.2, 0.25) is 0 Å². The van der Waals surface area contributed by atoms with E-state index in [2.05, 4.69) is 34.9 Å². The van der Waals surface area contributed by atoms with Gasteiger partial charge in [-0.3, -0.25) is 30.1 Å². The molecule has 2 rings (SSSR count). The maximum Gasteiger partial charge on any atom is 0.305 e. The number of rotatable bonds is 10. The average Bonchev–Trinajstić information content (AvgIpc) is 3.22. The number of furan rings is 1. The molecule has 1 aromatic carbocycles. The van der Waals surface area contributed by atoms with E-state index in [1.165, 1.54) is 0 Å². The van der Waals surface area contributed by atoms with E-state index in [-0.39, 0.29) is 17.6 Å². The molecule has 2 aromatic rings. The smallest absolute Gasteiger partial charge is 0.305 e. The Kier molecular flexibility index (Phi) is 9.27. The molecule has 168 valence electrons. The third-order valence-electron chi connectivity index (χ3n) is 4.75. The standard InChI is InChI=1S/C23H32N4O4/c1-5-27(6-2)15-18-12-13-19(31-18)22(29)25-26-23(30)21(17-10-8-7-9-11-17)24-20(28)14-16(3)4/h7-13,16,21H,5-6,14-15H2,1-4H3,(H,24,28)(H,25,29)(H,26,30). The molecule has 8 heteroatoms. The first-order valence-electron chi connectivity index (χ1n) is 10.6. The van der Waals surface area contributed by atoms with Crippen molar-refractivity contribution < 1.29 is 18.8 Å². The minimum absolute atomic E-state index is 0.0996. The zero-order valence-corrected chi connectivity index (χ0v) is 18.6. The molecule has 1 atom stereocenters. The molecule has 3 amide bonds. The quantitative estimate of drug-likeness (QED) is 0.505. The molecule has 1 heterocycles. The van der Waals surface area contributed by atoms with Crippen molar-refractivity contribution in [2.45, 2.75) is 46.7 Å². The molecule has 3 N–H and O–H groups in total. The van der Waals surface area contributed by atoms with Gasteiger partial charge in [-0.25, -0.2) is 0 Å². The number of hydrogen-bond donors (Lipinski definition) is 3. The van der Waals surface area contributed by atoms with Crippen molar-refractivity contribution in [1.29, 1.82) is 0 Å². The van der Waals surface area contributed by atoms with Gasteiger partial charge in [0, 0.05) is 6.42 Å². The largest absolute Gasteiger partial charge is 0.454 e. The van der Waals surface area contributed by atoms with Crippen LogP contribution in [0.15, 0.2) is 46.9 Å². The summed E-state index contributed by atoms with van der Waals surface area (Å²) < 4.78 is 5.59. The molecule has 0 saturated carbocycles. The van der Waals surface area contributed by atoms with Crippen LogP contribution in [-0.4, -0.2) is 35.7 Å². The fourth-order valence-corrected chi connectivity index (χ4v) is 3.04. The van der Waals surface area contributed by atoms with Gasteiger partial charge in [0.15, 0.2) is 5.76 Å². The van der Waals surface area contributed by atoms with E-state index in [1.54, 1.807) is 36.4 Å². The zero-order valence-electron chi connectivity index (χ0n) is 18.6. The van der Waals surface area contributed by atoms with Gasteiger partial charge in [-0.2, -0.15) is 0 Å². The molecule has 0 aliphatic heterocycles. The molecule has 0 radical (unpaired) electrons. The van der Waals surface area contributed by atoms with Gasteiger partial charge >= 0.3 is 5.91 Å². The van der Waals surface area contributed by atoms with Gasteiger partial charge in [-0.1, -0.05) is 58.0 Å². The van der Waals surface area contributed by atoms with Crippen molar-refractivity contribution in [2.75, 3.05) is 13.1 Å². The number of nitrogens with one attached hydrogen (secondary N) is 3.